The van der Waals surface area contributed by atoms with Gasteiger partial charge in [-0.1, -0.05) is 12.1 Å². The maximum Gasteiger partial charge on any atom is 0.150 e. The van der Waals surface area contributed by atoms with Gasteiger partial charge in [0.05, 0.1) is 24.6 Å². The molecule has 19 heavy (non-hydrogen) atoms. The maximum atomic E-state index is 9.34. The van der Waals surface area contributed by atoms with E-state index >= 15 is 0 Å². The zero-order valence-corrected chi connectivity index (χ0v) is 10.4. The summed E-state index contributed by atoms with van der Waals surface area (Å²) in [6.07, 6.45) is 2.50. The van der Waals surface area contributed by atoms with E-state index in [2.05, 4.69) is 10.3 Å². The molecule has 0 spiro atoms. The Kier molecular flexibility index (Phi) is 4.72. The third kappa shape index (κ3) is 3.94. The van der Waals surface area contributed by atoms with Gasteiger partial charge in [0.1, 0.15) is 5.75 Å². The molecule has 2 aromatic rings. The van der Waals surface area contributed by atoms with Gasteiger partial charge >= 0.3 is 0 Å². The second kappa shape index (κ2) is 6.72. The molecule has 0 bridgehead atoms. The first-order valence-corrected chi connectivity index (χ1v) is 5.99. The Hall–Kier alpha value is -2.11. The van der Waals surface area contributed by atoms with E-state index in [-0.39, 0.29) is 13.2 Å². The lowest BCUT2D eigenvalue weighted by Gasteiger charge is -2.14. The Labute approximate surface area is 111 Å². The summed E-state index contributed by atoms with van der Waals surface area (Å²) in [7, 11) is 0. The minimum Gasteiger partial charge on any atom is -0.454 e. The summed E-state index contributed by atoms with van der Waals surface area (Å²) in [6.45, 7) is -0.0253. The Bertz CT molecular complexity index is 505. The van der Waals surface area contributed by atoms with Crippen molar-refractivity contribution in [3.63, 3.8) is 0 Å². The average molecular weight is 260 g/mol. The van der Waals surface area contributed by atoms with Crippen LogP contribution in [0.25, 0.3) is 0 Å². The van der Waals surface area contributed by atoms with Crippen LogP contribution in [0.2, 0.25) is 0 Å². The molecule has 2 rings (SSSR count). The first kappa shape index (κ1) is 13.3. The summed E-state index contributed by atoms with van der Waals surface area (Å²) in [5.41, 5.74) is 0.749. The number of anilines is 1. The van der Waals surface area contributed by atoms with Crippen LogP contribution in [0.1, 0.15) is 0 Å². The third-order valence-corrected chi connectivity index (χ3v) is 2.49. The molecule has 0 saturated carbocycles. The van der Waals surface area contributed by atoms with Crippen molar-refractivity contribution >= 4 is 5.69 Å². The number of rotatable bonds is 6. The molecule has 0 aliphatic heterocycles. The molecule has 1 unspecified atom stereocenters. The third-order valence-electron chi connectivity index (χ3n) is 2.49. The van der Waals surface area contributed by atoms with E-state index in [1.165, 1.54) is 0 Å². The fourth-order valence-corrected chi connectivity index (χ4v) is 1.53. The van der Waals surface area contributed by atoms with Crippen LogP contribution in [-0.2, 0) is 0 Å². The molecule has 0 radical (unpaired) electrons. The normalized spacial score (nSPS) is 11.9. The molecule has 0 aliphatic carbocycles. The molecule has 5 heteroatoms. The molecule has 1 aromatic carbocycles. The predicted octanol–water partition coefficient (Wildman–Crippen LogP) is 1.64. The number of nitrogens with one attached hydrogen (secondary N) is 1. The molecule has 0 fully saturated rings. The summed E-state index contributed by atoms with van der Waals surface area (Å²) in [5.74, 6) is 1.28. The summed E-state index contributed by atoms with van der Waals surface area (Å²) in [6, 6.07) is 11.0. The number of aliphatic hydroxyl groups excluding tert-OH is 2. The molecule has 3 N–H and O–H groups in total. The molecule has 1 aromatic heterocycles. The number of para-hydroxylation sites is 2. The van der Waals surface area contributed by atoms with E-state index in [9.17, 15) is 5.11 Å². The number of pyridine rings is 1. The van der Waals surface area contributed by atoms with Crippen LogP contribution in [0.4, 0.5) is 5.69 Å². The molecule has 0 aliphatic rings. The molecule has 0 saturated heterocycles. The van der Waals surface area contributed by atoms with Crippen molar-refractivity contribution in [2.45, 2.75) is 6.10 Å². The summed E-state index contributed by atoms with van der Waals surface area (Å²) in [4.78, 5) is 3.98. The van der Waals surface area contributed by atoms with Gasteiger partial charge in [0.25, 0.3) is 0 Å². The molecule has 5 nitrogen and oxygen atoms in total. The highest BCUT2D eigenvalue weighted by Gasteiger charge is 2.06. The highest BCUT2D eigenvalue weighted by atomic mass is 16.5. The minimum atomic E-state index is -0.800. The smallest absolute Gasteiger partial charge is 0.150 e. The fourth-order valence-electron chi connectivity index (χ4n) is 1.53. The number of hydrogen-bond acceptors (Lipinski definition) is 5. The zero-order valence-electron chi connectivity index (χ0n) is 10.4. The number of hydrogen-bond donors (Lipinski definition) is 3. The maximum absolute atomic E-state index is 9.34. The standard InChI is InChI=1S/C14H16N2O3/c17-10-11(18)8-16-13-5-1-2-6-14(13)19-12-4-3-7-15-9-12/h1-7,9,11,16-18H,8,10H2. The number of benzene rings is 1. The fraction of sp³-hybridized carbons (Fsp3) is 0.214. The van der Waals surface area contributed by atoms with Crippen LogP contribution in [0.5, 0.6) is 11.5 Å². The van der Waals surface area contributed by atoms with E-state index in [4.69, 9.17) is 9.84 Å². The Morgan fingerprint density at radius 2 is 2.05 bits per heavy atom. The van der Waals surface area contributed by atoms with Crippen LogP contribution < -0.4 is 10.1 Å². The van der Waals surface area contributed by atoms with E-state index in [0.29, 0.717) is 11.5 Å². The van der Waals surface area contributed by atoms with Gasteiger partial charge in [0.15, 0.2) is 5.75 Å². The Morgan fingerprint density at radius 1 is 1.21 bits per heavy atom. The van der Waals surface area contributed by atoms with Gasteiger partial charge in [0.2, 0.25) is 0 Å². The van der Waals surface area contributed by atoms with E-state index < -0.39 is 6.10 Å². The minimum absolute atomic E-state index is 0.254. The molecule has 100 valence electrons. The van der Waals surface area contributed by atoms with Gasteiger partial charge in [-0.25, -0.2) is 0 Å². The lowest BCUT2D eigenvalue weighted by atomic mass is 10.2. The summed E-state index contributed by atoms with van der Waals surface area (Å²) in [5, 5.41) is 21.2. The summed E-state index contributed by atoms with van der Waals surface area (Å²) >= 11 is 0. The number of ether oxygens (including phenoxy) is 1. The van der Waals surface area contributed by atoms with Crippen molar-refractivity contribution < 1.29 is 14.9 Å². The van der Waals surface area contributed by atoms with Crippen LogP contribution in [0, 0.1) is 0 Å². The molecule has 0 amide bonds. The van der Waals surface area contributed by atoms with Crippen molar-refractivity contribution in [3.05, 3.63) is 48.8 Å². The largest absolute Gasteiger partial charge is 0.454 e. The topological polar surface area (TPSA) is 74.6 Å². The van der Waals surface area contributed by atoms with Crippen LogP contribution in [0.15, 0.2) is 48.8 Å². The van der Waals surface area contributed by atoms with Crippen LogP contribution >= 0.6 is 0 Å². The van der Waals surface area contributed by atoms with Gasteiger partial charge in [-0.05, 0) is 24.3 Å². The number of aliphatic hydroxyl groups is 2. The molecule has 1 heterocycles. The quantitative estimate of drug-likeness (QED) is 0.736. The van der Waals surface area contributed by atoms with Crippen molar-refractivity contribution in [2.75, 3.05) is 18.5 Å². The van der Waals surface area contributed by atoms with E-state index in [1.807, 2.05) is 30.3 Å². The first-order valence-electron chi connectivity index (χ1n) is 5.99. The second-order valence-corrected chi connectivity index (χ2v) is 4.00. The van der Waals surface area contributed by atoms with E-state index in [1.54, 1.807) is 18.5 Å². The van der Waals surface area contributed by atoms with Crippen LogP contribution in [-0.4, -0.2) is 34.5 Å². The highest BCUT2D eigenvalue weighted by Crippen LogP contribution is 2.28. The Morgan fingerprint density at radius 3 is 2.79 bits per heavy atom. The highest BCUT2D eigenvalue weighted by molar-refractivity contribution is 5.57. The summed E-state index contributed by atoms with van der Waals surface area (Å²) < 4.78 is 5.71. The zero-order chi connectivity index (χ0) is 13.5. The Balaban J connectivity index is 2.08. The number of nitrogens with zero attached hydrogens (tertiary/aromatic N) is 1. The predicted molar refractivity (Wildman–Crippen MR) is 72.3 cm³/mol. The SMILES string of the molecule is OCC(O)CNc1ccccc1Oc1cccnc1. The molecule has 1 atom stereocenters. The molecular weight excluding hydrogens is 244 g/mol. The van der Waals surface area contributed by atoms with Gasteiger partial charge in [-0.15, -0.1) is 0 Å². The van der Waals surface area contributed by atoms with Gasteiger partial charge in [-0.2, -0.15) is 0 Å². The van der Waals surface area contributed by atoms with Gasteiger partial charge in [-0.3, -0.25) is 4.98 Å². The lowest BCUT2D eigenvalue weighted by Crippen LogP contribution is -2.23. The first-order chi connectivity index (χ1) is 9.29. The number of aromatic nitrogens is 1. The van der Waals surface area contributed by atoms with E-state index in [0.717, 1.165) is 5.69 Å². The van der Waals surface area contributed by atoms with Gasteiger partial charge in [0, 0.05) is 12.7 Å². The van der Waals surface area contributed by atoms with Crippen molar-refractivity contribution in [2.24, 2.45) is 0 Å². The molecular formula is C14H16N2O3. The second-order valence-electron chi connectivity index (χ2n) is 4.00. The van der Waals surface area contributed by atoms with Crippen molar-refractivity contribution in [3.8, 4) is 11.5 Å². The van der Waals surface area contributed by atoms with Crippen LogP contribution in [0.3, 0.4) is 0 Å². The van der Waals surface area contributed by atoms with Crippen molar-refractivity contribution in [1.82, 2.24) is 4.98 Å². The van der Waals surface area contributed by atoms with Gasteiger partial charge < -0.3 is 20.3 Å². The average Bonchev–Trinajstić information content (AvgIpc) is 2.47. The van der Waals surface area contributed by atoms with Crippen molar-refractivity contribution in [1.29, 1.82) is 0 Å². The monoisotopic (exact) mass is 260 g/mol. The lowest BCUT2D eigenvalue weighted by molar-refractivity contribution is 0.105.